The number of unbranched alkanes of at least 4 members (excludes halogenated alkanes) is 2. The summed E-state index contributed by atoms with van der Waals surface area (Å²) in [5.41, 5.74) is 3.49. The summed E-state index contributed by atoms with van der Waals surface area (Å²) in [7, 11) is 1.56. The van der Waals surface area contributed by atoms with Crippen molar-refractivity contribution in [3.8, 4) is 5.75 Å². The summed E-state index contributed by atoms with van der Waals surface area (Å²) in [5.74, 6) is 1.30. The maximum Gasteiger partial charge on any atom is 0.156 e. The standard InChI is InChI=1S/C22H38O.C3H6OS/c1-16(2)12-10-9-11-13-17-14-18(21(3,4)5)20(23)19(15-17)22(6,7)8;1-3(5)4-2/h14-16,23H,9-13H2,1-8H3;1-2H3. The molecule has 0 bridgehead atoms. The molecule has 0 fully saturated rings. The van der Waals surface area contributed by atoms with Gasteiger partial charge in [-0.15, -0.1) is 0 Å². The van der Waals surface area contributed by atoms with Gasteiger partial charge in [0.15, 0.2) is 5.05 Å². The molecule has 0 aliphatic rings. The van der Waals surface area contributed by atoms with Crippen LogP contribution in [0.15, 0.2) is 12.1 Å². The molecule has 0 heterocycles. The first-order chi connectivity index (χ1) is 12.7. The Morgan fingerprint density at radius 3 is 1.71 bits per heavy atom. The van der Waals surface area contributed by atoms with Crippen LogP contribution in [0.2, 0.25) is 0 Å². The zero-order chi connectivity index (χ0) is 22.1. The van der Waals surface area contributed by atoms with Gasteiger partial charge in [0.25, 0.3) is 0 Å². The third kappa shape index (κ3) is 10.5. The highest BCUT2D eigenvalue weighted by molar-refractivity contribution is 7.80. The number of rotatable bonds is 6. The van der Waals surface area contributed by atoms with Crippen molar-refractivity contribution in [3.05, 3.63) is 28.8 Å². The molecule has 0 aromatic heterocycles. The topological polar surface area (TPSA) is 29.5 Å². The van der Waals surface area contributed by atoms with E-state index in [1.165, 1.54) is 31.2 Å². The van der Waals surface area contributed by atoms with Crippen LogP contribution in [0.25, 0.3) is 0 Å². The molecule has 1 aromatic rings. The summed E-state index contributed by atoms with van der Waals surface area (Å²) in [6.45, 7) is 19.4. The Labute approximate surface area is 180 Å². The van der Waals surface area contributed by atoms with Crippen molar-refractivity contribution in [2.75, 3.05) is 7.11 Å². The highest BCUT2D eigenvalue weighted by atomic mass is 32.1. The number of methoxy groups -OCH3 is 1. The second kappa shape index (κ2) is 11.8. The molecule has 2 nitrogen and oxygen atoms in total. The van der Waals surface area contributed by atoms with E-state index < -0.39 is 0 Å². The van der Waals surface area contributed by atoms with Gasteiger partial charge in [-0.25, -0.2) is 0 Å². The van der Waals surface area contributed by atoms with Gasteiger partial charge in [0.1, 0.15) is 5.75 Å². The van der Waals surface area contributed by atoms with Crippen molar-refractivity contribution in [1.82, 2.24) is 0 Å². The summed E-state index contributed by atoms with van der Waals surface area (Å²) < 4.78 is 4.48. The minimum absolute atomic E-state index is 0.0300. The third-order valence-corrected chi connectivity index (χ3v) is 4.99. The minimum Gasteiger partial charge on any atom is -0.507 e. The van der Waals surface area contributed by atoms with Crippen LogP contribution in [-0.4, -0.2) is 17.3 Å². The maximum absolute atomic E-state index is 10.8. The van der Waals surface area contributed by atoms with Crippen molar-refractivity contribution in [2.24, 2.45) is 5.92 Å². The lowest BCUT2D eigenvalue weighted by molar-refractivity contribution is 0.411. The Morgan fingerprint density at radius 2 is 1.39 bits per heavy atom. The Bertz CT molecular complexity index is 569. The van der Waals surface area contributed by atoms with Gasteiger partial charge in [-0.3, -0.25) is 0 Å². The van der Waals surface area contributed by atoms with Crippen molar-refractivity contribution < 1.29 is 9.84 Å². The first-order valence-electron chi connectivity index (χ1n) is 10.6. The molecule has 0 aliphatic heterocycles. The van der Waals surface area contributed by atoms with Gasteiger partial charge < -0.3 is 9.84 Å². The average molecular weight is 409 g/mol. The van der Waals surface area contributed by atoms with Crippen LogP contribution in [0.5, 0.6) is 5.75 Å². The van der Waals surface area contributed by atoms with E-state index in [1.807, 2.05) is 0 Å². The molecule has 0 radical (unpaired) electrons. The molecular formula is C25H44O2S. The molecule has 0 spiro atoms. The maximum atomic E-state index is 10.8. The fraction of sp³-hybridized carbons (Fsp3) is 0.720. The number of ether oxygens (including phenoxy) is 1. The van der Waals surface area contributed by atoms with E-state index in [4.69, 9.17) is 0 Å². The Hall–Kier alpha value is -1.09. The number of thiocarbonyl (C=S) groups is 1. The molecule has 0 unspecified atom stereocenters. The van der Waals surface area contributed by atoms with E-state index in [1.54, 1.807) is 14.0 Å². The lowest BCUT2D eigenvalue weighted by Gasteiger charge is -2.28. The van der Waals surface area contributed by atoms with E-state index in [-0.39, 0.29) is 10.8 Å². The van der Waals surface area contributed by atoms with E-state index in [9.17, 15) is 5.11 Å². The van der Waals surface area contributed by atoms with Crippen molar-refractivity contribution in [3.63, 3.8) is 0 Å². The number of phenols is 1. The second-order valence-corrected chi connectivity index (χ2v) is 10.8. The molecule has 0 amide bonds. The molecule has 1 aromatic carbocycles. The summed E-state index contributed by atoms with van der Waals surface area (Å²) in [6, 6.07) is 4.46. The van der Waals surface area contributed by atoms with E-state index in [0.29, 0.717) is 10.8 Å². The van der Waals surface area contributed by atoms with Crippen LogP contribution in [-0.2, 0) is 22.0 Å². The van der Waals surface area contributed by atoms with E-state index in [2.05, 4.69) is 84.5 Å². The molecule has 0 saturated carbocycles. The molecule has 1 N–H and O–H groups in total. The van der Waals surface area contributed by atoms with E-state index in [0.717, 1.165) is 23.5 Å². The molecular weight excluding hydrogens is 364 g/mol. The molecule has 1 rings (SSSR count). The number of aromatic hydroxyl groups is 1. The third-order valence-electron chi connectivity index (χ3n) is 4.82. The zero-order valence-corrected chi connectivity index (χ0v) is 20.8. The summed E-state index contributed by atoms with van der Waals surface area (Å²) in [4.78, 5) is 0. The normalized spacial score (nSPS) is 11.8. The predicted molar refractivity (Wildman–Crippen MR) is 128 cm³/mol. The SMILES string of the molecule is CC(C)CCCCCc1cc(C(C)(C)C)c(O)c(C(C)(C)C)c1.COC(C)=S. The quantitative estimate of drug-likeness (QED) is 0.386. The van der Waals surface area contributed by atoms with Crippen LogP contribution < -0.4 is 0 Å². The molecule has 3 heteroatoms. The lowest BCUT2D eigenvalue weighted by Crippen LogP contribution is -2.18. The average Bonchev–Trinajstić information content (AvgIpc) is 2.53. The highest BCUT2D eigenvalue weighted by Gasteiger charge is 2.26. The van der Waals surface area contributed by atoms with Gasteiger partial charge in [0.2, 0.25) is 0 Å². The smallest absolute Gasteiger partial charge is 0.156 e. The lowest BCUT2D eigenvalue weighted by atomic mass is 9.78. The summed E-state index contributed by atoms with van der Waals surface area (Å²) >= 11 is 4.47. The van der Waals surface area contributed by atoms with Crippen molar-refractivity contribution >= 4 is 17.3 Å². The van der Waals surface area contributed by atoms with E-state index >= 15 is 0 Å². The molecule has 0 saturated heterocycles. The van der Waals surface area contributed by atoms with Gasteiger partial charge in [-0.05, 0) is 58.5 Å². The largest absolute Gasteiger partial charge is 0.507 e. The van der Waals surface area contributed by atoms with Crippen molar-refractivity contribution in [2.45, 2.75) is 105 Å². The van der Waals surface area contributed by atoms with Gasteiger partial charge in [0.05, 0.1) is 7.11 Å². The highest BCUT2D eigenvalue weighted by Crippen LogP contribution is 2.40. The number of benzene rings is 1. The van der Waals surface area contributed by atoms with Crippen LogP contribution in [0.4, 0.5) is 0 Å². The van der Waals surface area contributed by atoms with Crippen LogP contribution >= 0.6 is 12.2 Å². The van der Waals surface area contributed by atoms with Crippen LogP contribution in [0, 0.1) is 5.92 Å². The minimum atomic E-state index is -0.0300. The Kier molecular flexibility index (Phi) is 11.3. The number of aryl methyl sites for hydroxylation is 1. The van der Waals surface area contributed by atoms with Crippen LogP contribution in [0.3, 0.4) is 0 Å². The first-order valence-corrected chi connectivity index (χ1v) is 11.0. The van der Waals surface area contributed by atoms with Crippen LogP contribution in [0.1, 0.15) is 105 Å². The molecule has 162 valence electrons. The van der Waals surface area contributed by atoms with Gasteiger partial charge in [0, 0.05) is 6.92 Å². The monoisotopic (exact) mass is 408 g/mol. The Morgan fingerprint density at radius 1 is 0.964 bits per heavy atom. The zero-order valence-electron chi connectivity index (χ0n) is 20.0. The fourth-order valence-electron chi connectivity index (χ4n) is 3.04. The van der Waals surface area contributed by atoms with Gasteiger partial charge >= 0.3 is 0 Å². The molecule has 0 atom stereocenters. The van der Waals surface area contributed by atoms with Crippen molar-refractivity contribution in [1.29, 1.82) is 0 Å². The molecule has 0 aliphatic carbocycles. The summed E-state index contributed by atoms with van der Waals surface area (Å²) in [6.07, 6.45) is 6.31. The number of hydrogen-bond acceptors (Lipinski definition) is 3. The summed E-state index contributed by atoms with van der Waals surface area (Å²) in [5, 5.41) is 11.3. The van der Waals surface area contributed by atoms with Gasteiger partial charge in [-0.1, -0.05) is 86.8 Å². The predicted octanol–water partition coefficient (Wildman–Crippen LogP) is 7.73. The Balaban J connectivity index is 0.00000129. The number of phenolic OH excluding ortho intramolecular Hbond substituents is 1. The second-order valence-electron chi connectivity index (χ2n) is 10.2. The molecule has 28 heavy (non-hydrogen) atoms. The number of hydrogen-bond donors (Lipinski definition) is 1. The first kappa shape index (κ1) is 26.9. The van der Waals surface area contributed by atoms with Gasteiger partial charge in [-0.2, -0.15) is 0 Å². The fourth-order valence-corrected chi connectivity index (χ4v) is 3.04.